The van der Waals surface area contributed by atoms with E-state index in [1.165, 1.54) is 38.5 Å². The molecule has 6 rings (SSSR count). The van der Waals surface area contributed by atoms with Crippen LogP contribution in [0.2, 0.25) is 0 Å². The van der Waals surface area contributed by atoms with E-state index >= 15 is 0 Å². The van der Waals surface area contributed by atoms with E-state index in [1.54, 1.807) is 0 Å². The van der Waals surface area contributed by atoms with Crippen molar-refractivity contribution in [2.24, 2.45) is 23.2 Å². The van der Waals surface area contributed by atoms with Crippen LogP contribution in [0.25, 0.3) is 0 Å². The largest absolute Gasteiger partial charge is 0.455 e. The molecular formula is C24H31NO3. The predicted molar refractivity (Wildman–Crippen MR) is 107 cm³/mol. The zero-order valence-corrected chi connectivity index (χ0v) is 16.8. The smallest absolute Gasteiger partial charge is 0.317 e. The van der Waals surface area contributed by atoms with Gasteiger partial charge in [0, 0.05) is 6.04 Å². The molecule has 5 fully saturated rings. The fraction of sp³-hybridized carbons (Fsp3) is 0.667. The Bertz CT molecular complexity index is 732. The second-order valence-electron chi connectivity index (χ2n) is 10.1. The highest BCUT2D eigenvalue weighted by Gasteiger charge is 2.54. The van der Waals surface area contributed by atoms with Gasteiger partial charge in [-0.2, -0.15) is 0 Å². The van der Waals surface area contributed by atoms with Gasteiger partial charge in [0.15, 0.2) is 6.61 Å². The minimum absolute atomic E-state index is 0.152. The topological polar surface area (TPSA) is 55.4 Å². The first-order valence-electron chi connectivity index (χ1n) is 11.0. The summed E-state index contributed by atoms with van der Waals surface area (Å²) in [6, 6.07) is 9.96. The van der Waals surface area contributed by atoms with Crippen LogP contribution in [0.15, 0.2) is 30.3 Å². The van der Waals surface area contributed by atoms with E-state index in [2.05, 4.69) is 12.2 Å². The summed E-state index contributed by atoms with van der Waals surface area (Å²) < 4.78 is 5.45. The molecule has 1 aromatic carbocycles. The maximum absolute atomic E-state index is 12.6. The lowest BCUT2D eigenvalue weighted by molar-refractivity contribution is -0.152. The van der Waals surface area contributed by atoms with E-state index in [0.717, 1.165) is 36.2 Å². The molecule has 1 N–H and O–H groups in total. The van der Waals surface area contributed by atoms with Gasteiger partial charge in [0.2, 0.25) is 0 Å². The molecule has 1 unspecified atom stereocenters. The van der Waals surface area contributed by atoms with Crippen molar-refractivity contribution in [1.29, 1.82) is 0 Å². The van der Waals surface area contributed by atoms with Gasteiger partial charge in [0.25, 0.3) is 5.91 Å². The van der Waals surface area contributed by atoms with Crippen LogP contribution in [-0.2, 0) is 19.7 Å². The summed E-state index contributed by atoms with van der Waals surface area (Å²) in [6.07, 6.45) is 9.60. The maximum atomic E-state index is 12.6. The summed E-state index contributed by atoms with van der Waals surface area (Å²) in [5.41, 5.74) is 0.755. The second-order valence-corrected chi connectivity index (χ2v) is 10.1. The lowest BCUT2D eigenvalue weighted by atomic mass is 9.48. The van der Waals surface area contributed by atoms with E-state index in [1.807, 2.05) is 30.3 Å². The molecule has 1 aromatic rings. The number of ether oxygens (including phenoxy) is 1. The second kappa shape index (κ2) is 6.60. The molecule has 1 atom stereocenters. The van der Waals surface area contributed by atoms with Crippen molar-refractivity contribution in [2.75, 3.05) is 6.61 Å². The Balaban J connectivity index is 1.17. The van der Waals surface area contributed by atoms with Crippen LogP contribution >= 0.6 is 0 Å². The van der Waals surface area contributed by atoms with Crippen LogP contribution in [0.1, 0.15) is 63.9 Å². The Morgan fingerprint density at radius 3 is 2.14 bits per heavy atom. The average molecular weight is 382 g/mol. The number of rotatable bonds is 6. The van der Waals surface area contributed by atoms with Crippen molar-refractivity contribution >= 4 is 11.9 Å². The van der Waals surface area contributed by atoms with Gasteiger partial charge in [-0.3, -0.25) is 9.59 Å². The molecule has 4 heteroatoms. The molecule has 4 bridgehead atoms. The summed E-state index contributed by atoms with van der Waals surface area (Å²) in [5, 5.41) is 3.19. The van der Waals surface area contributed by atoms with Crippen LogP contribution < -0.4 is 5.32 Å². The monoisotopic (exact) mass is 381 g/mol. The summed E-state index contributed by atoms with van der Waals surface area (Å²) in [4.78, 5) is 25.2. The van der Waals surface area contributed by atoms with Gasteiger partial charge in [0.05, 0.1) is 5.41 Å². The van der Waals surface area contributed by atoms with Gasteiger partial charge in [0.1, 0.15) is 0 Å². The van der Waals surface area contributed by atoms with Crippen molar-refractivity contribution in [3.8, 4) is 0 Å². The van der Waals surface area contributed by atoms with E-state index in [9.17, 15) is 9.59 Å². The molecule has 0 heterocycles. The summed E-state index contributed by atoms with van der Waals surface area (Å²) in [7, 11) is 0. The van der Waals surface area contributed by atoms with Crippen molar-refractivity contribution in [1.82, 2.24) is 5.32 Å². The fourth-order valence-corrected chi connectivity index (χ4v) is 6.91. The first-order valence-corrected chi connectivity index (χ1v) is 11.0. The Labute approximate surface area is 167 Å². The molecule has 0 spiro atoms. The van der Waals surface area contributed by atoms with Crippen molar-refractivity contribution in [2.45, 2.75) is 69.7 Å². The van der Waals surface area contributed by atoms with Gasteiger partial charge in [-0.05, 0) is 87.0 Å². The molecule has 4 nitrogen and oxygen atoms in total. The fourth-order valence-electron chi connectivity index (χ4n) is 6.91. The van der Waals surface area contributed by atoms with Crippen molar-refractivity contribution in [3.05, 3.63) is 35.9 Å². The van der Waals surface area contributed by atoms with E-state index in [4.69, 9.17) is 4.74 Å². The molecule has 0 saturated heterocycles. The van der Waals surface area contributed by atoms with Crippen molar-refractivity contribution in [3.63, 3.8) is 0 Å². The Hall–Kier alpha value is -1.84. The number of nitrogens with one attached hydrogen (secondary N) is 1. The number of benzene rings is 1. The zero-order chi connectivity index (χ0) is 19.4. The number of amides is 1. The van der Waals surface area contributed by atoms with Gasteiger partial charge >= 0.3 is 5.97 Å². The maximum Gasteiger partial charge on any atom is 0.317 e. The number of hydrogen-bond donors (Lipinski definition) is 1. The number of hydrogen-bond acceptors (Lipinski definition) is 3. The summed E-state index contributed by atoms with van der Waals surface area (Å²) >= 11 is 0. The first kappa shape index (κ1) is 18.2. The van der Waals surface area contributed by atoms with Gasteiger partial charge in [-0.15, -0.1) is 0 Å². The van der Waals surface area contributed by atoms with Crippen LogP contribution in [0, 0.1) is 23.2 Å². The SMILES string of the molecule is CC(NC(=O)COC(=O)C1(c2ccccc2)CC1)C12CC3CC(CC(C3)C1)C2. The molecule has 0 radical (unpaired) electrons. The minimum Gasteiger partial charge on any atom is -0.455 e. The quantitative estimate of drug-likeness (QED) is 0.758. The predicted octanol–water partition coefficient (Wildman–Crippen LogP) is 3.98. The van der Waals surface area contributed by atoms with Crippen LogP contribution in [-0.4, -0.2) is 24.5 Å². The molecule has 28 heavy (non-hydrogen) atoms. The molecule has 5 aliphatic rings. The molecule has 5 saturated carbocycles. The molecular weight excluding hydrogens is 350 g/mol. The standard InChI is InChI=1S/C24H31NO3/c1-16(23-12-17-9-18(13-23)11-19(10-17)14-23)25-21(26)15-28-22(27)24(7-8-24)20-5-3-2-4-6-20/h2-6,16-19H,7-15H2,1H3,(H,25,26). The van der Waals surface area contributed by atoms with Crippen LogP contribution in [0.4, 0.5) is 0 Å². The third-order valence-electron chi connectivity index (χ3n) is 8.18. The summed E-state index contributed by atoms with van der Waals surface area (Å²) in [5.74, 6) is 2.19. The third-order valence-corrected chi connectivity index (χ3v) is 8.18. The van der Waals surface area contributed by atoms with Crippen LogP contribution in [0.5, 0.6) is 0 Å². The number of carbonyl (C=O) groups is 2. The third kappa shape index (κ3) is 3.05. The van der Waals surface area contributed by atoms with E-state index in [-0.39, 0.29) is 29.9 Å². The molecule has 0 aromatic heterocycles. The Morgan fingerprint density at radius 2 is 1.61 bits per heavy atom. The number of carbonyl (C=O) groups excluding carboxylic acids is 2. The normalized spacial score (nSPS) is 35.2. The first-order chi connectivity index (χ1) is 13.5. The van der Waals surface area contributed by atoms with E-state index < -0.39 is 5.41 Å². The minimum atomic E-state index is -0.521. The highest BCUT2D eigenvalue weighted by atomic mass is 16.5. The molecule has 0 aliphatic heterocycles. The van der Waals surface area contributed by atoms with Gasteiger partial charge in [-0.25, -0.2) is 0 Å². The highest BCUT2D eigenvalue weighted by Crippen LogP contribution is 2.61. The lowest BCUT2D eigenvalue weighted by Gasteiger charge is -2.59. The zero-order valence-electron chi connectivity index (χ0n) is 16.8. The van der Waals surface area contributed by atoms with Crippen LogP contribution in [0.3, 0.4) is 0 Å². The Morgan fingerprint density at radius 1 is 1.04 bits per heavy atom. The molecule has 150 valence electrons. The Kier molecular flexibility index (Phi) is 4.29. The van der Waals surface area contributed by atoms with Gasteiger partial charge in [-0.1, -0.05) is 30.3 Å². The van der Waals surface area contributed by atoms with Crippen molar-refractivity contribution < 1.29 is 14.3 Å². The van der Waals surface area contributed by atoms with E-state index in [0.29, 0.717) is 0 Å². The van der Waals surface area contributed by atoms with Gasteiger partial charge < -0.3 is 10.1 Å². The molecule has 1 amide bonds. The lowest BCUT2D eigenvalue weighted by Crippen LogP contribution is -2.56. The average Bonchev–Trinajstić information content (AvgIpc) is 3.48. The highest BCUT2D eigenvalue weighted by molar-refractivity contribution is 5.89. The number of esters is 1. The summed E-state index contributed by atoms with van der Waals surface area (Å²) in [6.45, 7) is 2.00. The molecule has 5 aliphatic carbocycles.